The zero-order valence-electron chi connectivity index (χ0n) is 13.6. The smallest absolute Gasteiger partial charge is 0.696 e. The van der Waals surface area contributed by atoms with Crippen molar-refractivity contribution in [2.24, 2.45) is 0 Å². The van der Waals surface area contributed by atoms with E-state index in [1.807, 2.05) is 11.3 Å². The maximum absolute atomic E-state index is 7.13. The van der Waals surface area contributed by atoms with E-state index in [1.165, 1.54) is 37.9 Å². The summed E-state index contributed by atoms with van der Waals surface area (Å²) >= 11 is 5.53. The Kier molecular flexibility index (Phi) is 6.27. The summed E-state index contributed by atoms with van der Waals surface area (Å²) in [6.45, 7) is 0. The van der Waals surface area contributed by atoms with Gasteiger partial charge in [0.05, 0.1) is 0 Å². The van der Waals surface area contributed by atoms with Crippen molar-refractivity contribution in [3.05, 3.63) is 77.5 Å². The van der Waals surface area contributed by atoms with Crippen molar-refractivity contribution in [2.45, 2.75) is 0 Å². The van der Waals surface area contributed by atoms with Gasteiger partial charge in [-0.15, -0.1) is 11.3 Å². The van der Waals surface area contributed by atoms with Gasteiger partial charge in [-0.05, 0) is 29.1 Å². The standard InChI is InChI=1S/C20H13PS.CHNS.Au/c1-2-8-15(9-3-1)21-18-11-5-7-14-6-4-10-16(20(14)18)17-12-22-13-19(17)21;2-1-3;/h1-13H;3H;/q;;+1. The summed E-state index contributed by atoms with van der Waals surface area (Å²) in [6.07, 6.45) is 0. The quantitative estimate of drug-likeness (QED) is 0.129. The van der Waals surface area contributed by atoms with Crippen molar-refractivity contribution in [2.75, 3.05) is 0 Å². The minimum atomic E-state index is -0.891. The van der Waals surface area contributed by atoms with Crippen LogP contribution in [-0.4, -0.2) is 0 Å². The van der Waals surface area contributed by atoms with E-state index in [9.17, 15) is 0 Å². The van der Waals surface area contributed by atoms with Gasteiger partial charge in [-0.1, -0.05) is 53.9 Å². The molecule has 0 aliphatic carbocycles. The first-order valence-corrected chi connectivity index (χ1v) is 10.7. The Morgan fingerprint density at radius 3 is 2.23 bits per heavy atom. The molecule has 130 valence electrons. The van der Waals surface area contributed by atoms with Crippen LogP contribution in [0.4, 0.5) is 0 Å². The number of thiocyanates is 1. The maximum atomic E-state index is 7.13. The summed E-state index contributed by atoms with van der Waals surface area (Å²) in [4.78, 5) is 0. The van der Waals surface area contributed by atoms with E-state index in [4.69, 9.17) is 5.26 Å². The summed E-state index contributed by atoms with van der Waals surface area (Å²) in [5.41, 5.74) is 2.86. The number of nitriles is 1. The number of benzene rings is 3. The Bertz CT molecular complexity index is 1080. The third kappa shape index (κ3) is 3.26. The van der Waals surface area contributed by atoms with E-state index in [2.05, 4.69) is 90.1 Å². The van der Waals surface area contributed by atoms with E-state index in [0.717, 1.165) is 0 Å². The van der Waals surface area contributed by atoms with Crippen LogP contribution in [0.15, 0.2) is 77.5 Å². The van der Waals surface area contributed by atoms with E-state index in [-0.39, 0.29) is 22.4 Å². The average molecular weight is 572 g/mol. The molecule has 0 saturated carbocycles. The van der Waals surface area contributed by atoms with Gasteiger partial charge in [0.25, 0.3) is 0 Å². The molecule has 0 amide bonds. The summed E-state index contributed by atoms with van der Waals surface area (Å²) in [5.74, 6) is 0. The predicted octanol–water partition coefficient (Wildman–Crippen LogP) is 4.38. The van der Waals surface area contributed by atoms with Crippen molar-refractivity contribution in [3.8, 4) is 16.5 Å². The van der Waals surface area contributed by atoms with E-state index in [1.54, 1.807) is 5.30 Å². The molecule has 5 rings (SSSR count). The molecule has 1 aliphatic heterocycles. The van der Waals surface area contributed by atoms with Gasteiger partial charge < -0.3 is 12.6 Å². The van der Waals surface area contributed by atoms with Crippen molar-refractivity contribution >= 4 is 58.6 Å². The van der Waals surface area contributed by atoms with Crippen LogP contribution in [0.25, 0.3) is 21.9 Å². The average Bonchev–Trinajstić information content (AvgIpc) is 3.13. The van der Waals surface area contributed by atoms with Crippen LogP contribution in [-0.2, 0) is 35.0 Å². The van der Waals surface area contributed by atoms with Gasteiger partial charge in [0, 0.05) is 21.7 Å². The maximum Gasteiger partial charge on any atom is 1.00 e. The monoisotopic (exact) mass is 572 g/mol. The zero-order valence-corrected chi connectivity index (χ0v) is 18.4. The second-order valence-corrected chi connectivity index (χ2v) is 9.07. The first-order valence-electron chi connectivity index (χ1n) is 7.88. The number of rotatable bonds is 1. The molecule has 0 radical (unpaired) electrons. The number of hydrogen-bond donors (Lipinski definition) is 0. The molecule has 0 bridgehead atoms. The summed E-state index contributed by atoms with van der Waals surface area (Å²) in [6, 6.07) is 24.5. The molecule has 2 heterocycles. The Morgan fingerprint density at radius 1 is 0.808 bits per heavy atom. The molecule has 1 aliphatic rings. The van der Waals surface area contributed by atoms with Crippen LogP contribution in [0.5, 0.6) is 0 Å². The third-order valence-corrected chi connectivity index (χ3v) is 8.23. The van der Waals surface area contributed by atoms with Crippen molar-refractivity contribution < 1.29 is 22.4 Å². The molecule has 0 saturated heterocycles. The summed E-state index contributed by atoms with van der Waals surface area (Å²) in [7, 11) is -0.891. The molecule has 0 fully saturated rings. The fourth-order valence-corrected chi connectivity index (χ4v) is 7.74. The van der Waals surface area contributed by atoms with Gasteiger partial charge in [-0.3, -0.25) is 0 Å². The fourth-order valence-electron chi connectivity index (χ4n) is 3.53. The van der Waals surface area contributed by atoms with Crippen molar-refractivity contribution in [3.63, 3.8) is 0 Å². The van der Waals surface area contributed by atoms with Crippen LogP contribution in [0.2, 0.25) is 0 Å². The normalized spacial score (nSPS) is 13.6. The fraction of sp³-hybridized carbons (Fsp3) is 0. The Morgan fingerprint density at radius 2 is 1.50 bits per heavy atom. The second-order valence-electron chi connectivity index (χ2n) is 5.74. The number of nitrogens with zero attached hydrogens (tertiary/aromatic N) is 1. The molecule has 1 nitrogen and oxygen atoms in total. The number of thiophene rings is 1. The minimum absolute atomic E-state index is 0. The van der Waals surface area contributed by atoms with Gasteiger partial charge in [0.15, 0.2) is 0 Å². The Hall–Kier alpha value is -1.50. The third-order valence-electron chi connectivity index (χ3n) is 4.46. The molecular formula is C21H14AuNPS2+. The van der Waals surface area contributed by atoms with Gasteiger partial charge in [0.1, 0.15) is 23.8 Å². The Balaban J connectivity index is 0.000000461. The molecule has 5 heteroatoms. The number of hydrogen-bond acceptors (Lipinski definition) is 3. The van der Waals surface area contributed by atoms with Crippen LogP contribution >= 0.6 is 19.3 Å². The molecule has 1 atom stereocenters. The van der Waals surface area contributed by atoms with Gasteiger partial charge in [-0.2, -0.15) is 0 Å². The van der Waals surface area contributed by atoms with Crippen molar-refractivity contribution in [1.29, 1.82) is 5.26 Å². The molecule has 3 aromatic carbocycles. The SMILES string of the molecule is N#C[S-].[Au+].c1ccc([PH+]2c3cscc3-c3cccc4cccc2c34)cc1. The molecular weight excluding hydrogens is 558 g/mol. The summed E-state index contributed by atoms with van der Waals surface area (Å²) < 4.78 is 0. The van der Waals surface area contributed by atoms with Gasteiger partial charge >= 0.3 is 22.4 Å². The molecule has 1 unspecified atom stereocenters. The molecule has 0 N–H and O–H groups in total. The summed E-state index contributed by atoms with van der Waals surface area (Å²) in [5, 5.41) is 20.6. The molecule has 4 aromatic rings. The van der Waals surface area contributed by atoms with Crippen LogP contribution in [0.3, 0.4) is 0 Å². The van der Waals surface area contributed by atoms with Gasteiger partial charge in [0.2, 0.25) is 0 Å². The van der Waals surface area contributed by atoms with E-state index < -0.39 is 7.92 Å². The number of fused-ring (bicyclic) bond motifs is 2. The van der Waals surface area contributed by atoms with E-state index >= 15 is 0 Å². The van der Waals surface area contributed by atoms with Crippen LogP contribution in [0, 0.1) is 10.7 Å². The topological polar surface area (TPSA) is 23.8 Å². The van der Waals surface area contributed by atoms with E-state index in [0.29, 0.717) is 0 Å². The Labute approximate surface area is 179 Å². The van der Waals surface area contributed by atoms with Crippen molar-refractivity contribution in [1.82, 2.24) is 0 Å². The molecule has 1 aromatic heterocycles. The molecule has 26 heavy (non-hydrogen) atoms. The predicted molar refractivity (Wildman–Crippen MR) is 114 cm³/mol. The van der Waals surface area contributed by atoms with Crippen LogP contribution in [0.1, 0.15) is 0 Å². The van der Waals surface area contributed by atoms with Gasteiger partial charge in [-0.25, -0.2) is 5.26 Å². The molecule has 0 spiro atoms. The zero-order chi connectivity index (χ0) is 17.2. The minimum Gasteiger partial charge on any atom is -0.696 e. The first kappa shape index (κ1) is 19.3. The largest absolute Gasteiger partial charge is 1.00 e. The van der Waals surface area contributed by atoms with Crippen LogP contribution < -0.4 is 15.9 Å². The first-order chi connectivity index (χ1) is 12.3. The second kappa shape index (κ2) is 8.46.